The molecule has 4 heterocycles. The van der Waals surface area contributed by atoms with Gasteiger partial charge in [-0.25, -0.2) is 19.2 Å². The van der Waals surface area contributed by atoms with E-state index in [1.54, 1.807) is 25.1 Å². The molecule has 0 N–H and O–H groups in total. The monoisotopic (exact) mass is 516 g/mol. The molecule has 1 aliphatic heterocycles. The number of nitrogens with zero attached hydrogens (tertiary/aromatic N) is 6. The smallest absolute Gasteiger partial charge is 0.230 e. The molecule has 0 amide bonds. The van der Waals surface area contributed by atoms with Gasteiger partial charge in [0.2, 0.25) is 11.8 Å². The van der Waals surface area contributed by atoms with Crippen LogP contribution >= 0.6 is 0 Å². The standard InChI is InChI=1S/C30H24N6O3/c1-18-24-25(19-13-15-21(37-2)16-14-19)26-28-32-27(22-11-7-8-12-23(22)38-3)34-35(28)17-31-29(26)39-30(24)36(33-18)20-9-5-4-6-10-20/h4-17,25H,1-3H3/t25-/m0/s1. The number of aromatic nitrogens is 6. The van der Waals surface area contributed by atoms with E-state index < -0.39 is 0 Å². The van der Waals surface area contributed by atoms with Crippen LogP contribution in [0.3, 0.4) is 0 Å². The Kier molecular flexibility index (Phi) is 5.29. The Balaban J connectivity index is 1.48. The maximum Gasteiger partial charge on any atom is 0.230 e. The Hall–Kier alpha value is -5.18. The molecule has 0 unspecified atom stereocenters. The summed E-state index contributed by atoms with van der Waals surface area (Å²) in [5.74, 6) is 2.86. The second-order valence-corrected chi connectivity index (χ2v) is 9.23. The highest BCUT2D eigenvalue weighted by atomic mass is 16.5. The predicted octanol–water partition coefficient (Wildman–Crippen LogP) is 5.59. The molecular weight excluding hydrogens is 492 g/mol. The summed E-state index contributed by atoms with van der Waals surface area (Å²) in [5.41, 5.74) is 6.01. The highest BCUT2D eigenvalue weighted by Gasteiger charge is 2.38. The van der Waals surface area contributed by atoms with Crippen LogP contribution in [0.1, 0.15) is 28.3 Å². The van der Waals surface area contributed by atoms with Gasteiger partial charge in [-0.3, -0.25) is 0 Å². The van der Waals surface area contributed by atoms with Crippen molar-refractivity contribution in [3.05, 3.63) is 108 Å². The maximum atomic E-state index is 6.51. The van der Waals surface area contributed by atoms with E-state index in [1.807, 2.05) is 78.3 Å². The number of fused-ring (bicyclic) bond motifs is 4. The third-order valence-electron chi connectivity index (χ3n) is 7.02. The Labute approximate surface area is 224 Å². The van der Waals surface area contributed by atoms with Gasteiger partial charge >= 0.3 is 0 Å². The second-order valence-electron chi connectivity index (χ2n) is 9.23. The van der Waals surface area contributed by atoms with Gasteiger partial charge in [0.1, 0.15) is 17.8 Å². The van der Waals surface area contributed by atoms with Crippen LogP contribution < -0.4 is 14.2 Å². The van der Waals surface area contributed by atoms with Crippen LogP contribution in [0.15, 0.2) is 85.2 Å². The van der Waals surface area contributed by atoms with Crippen LogP contribution in [0, 0.1) is 6.92 Å². The van der Waals surface area contributed by atoms with Gasteiger partial charge in [-0.05, 0) is 48.9 Å². The highest BCUT2D eigenvalue weighted by Crippen LogP contribution is 2.50. The number of para-hydroxylation sites is 2. The lowest BCUT2D eigenvalue weighted by atomic mass is 9.84. The van der Waals surface area contributed by atoms with Gasteiger partial charge in [0, 0.05) is 0 Å². The average molecular weight is 517 g/mol. The van der Waals surface area contributed by atoms with E-state index in [2.05, 4.69) is 12.1 Å². The van der Waals surface area contributed by atoms with Crippen molar-refractivity contribution in [1.82, 2.24) is 29.4 Å². The van der Waals surface area contributed by atoms with Gasteiger partial charge in [-0.1, -0.05) is 42.5 Å². The van der Waals surface area contributed by atoms with Crippen molar-refractivity contribution in [2.45, 2.75) is 12.8 Å². The van der Waals surface area contributed by atoms with E-state index >= 15 is 0 Å². The molecule has 3 aromatic carbocycles. The first-order valence-electron chi connectivity index (χ1n) is 12.5. The molecule has 192 valence electrons. The first-order valence-corrected chi connectivity index (χ1v) is 12.5. The number of rotatable bonds is 5. The van der Waals surface area contributed by atoms with Crippen LogP contribution in [-0.2, 0) is 0 Å². The van der Waals surface area contributed by atoms with Gasteiger partial charge < -0.3 is 14.2 Å². The zero-order chi connectivity index (χ0) is 26.5. The fraction of sp³-hybridized carbons (Fsp3) is 0.133. The van der Waals surface area contributed by atoms with Crippen LogP contribution in [0.5, 0.6) is 23.3 Å². The van der Waals surface area contributed by atoms with Crippen molar-refractivity contribution in [2.75, 3.05) is 14.2 Å². The fourth-order valence-electron chi connectivity index (χ4n) is 5.20. The van der Waals surface area contributed by atoms with Crippen molar-refractivity contribution in [3.8, 4) is 40.3 Å². The predicted molar refractivity (Wildman–Crippen MR) is 145 cm³/mol. The van der Waals surface area contributed by atoms with Crippen LogP contribution in [0.2, 0.25) is 0 Å². The number of methoxy groups -OCH3 is 2. The summed E-state index contributed by atoms with van der Waals surface area (Å²) in [6.45, 7) is 2.00. The molecule has 39 heavy (non-hydrogen) atoms. The molecule has 9 heteroatoms. The third-order valence-corrected chi connectivity index (χ3v) is 7.02. The van der Waals surface area contributed by atoms with Crippen molar-refractivity contribution < 1.29 is 14.2 Å². The topological polar surface area (TPSA) is 88.6 Å². The Morgan fingerprint density at radius 3 is 2.36 bits per heavy atom. The summed E-state index contributed by atoms with van der Waals surface area (Å²) >= 11 is 0. The molecule has 0 spiro atoms. The Morgan fingerprint density at radius 2 is 1.59 bits per heavy atom. The quantitative estimate of drug-likeness (QED) is 0.295. The second kappa shape index (κ2) is 8.98. The van der Waals surface area contributed by atoms with Crippen molar-refractivity contribution in [1.29, 1.82) is 0 Å². The summed E-state index contributed by atoms with van der Waals surface area (Å²) in [4.78, 5) is 9.67. The molecule has 1 aliphatic rings. The van der Waals surface area contributed by atoms with E-state index in [9.17, 15) is 0 Å². The number of benzene rings is 3. The lowest BCUT2D eigenvalue weighted by Crippen LogP contribution is -2.16. The van der Waals surface area contributed by atoms with E-state index in [0.717, 1.165) is 39.4 Å². The molecular formula is C30H24N6O3. The van der Waals surface area contributed by atoms with E-state index in [1.165, 1.54) is 0 Å². The third kappa shape index (κ3) is 3.62. The normalized spacial score (nSPS) is 14.0. The zero-order valence-corrected chi connectivity index (χ0v) is 21.6. The van der Waals surface area contributed by atoms with Gasteiger partial charge in [-0.2, -0.15) is 5.10 Å². The minimum absolute atomic E-state index is 0.252. The molecule has 0 aliphatic carbocycles. The first-order chi connectivity index (χ1) is 19.2. The molecule has 0 saturated heterocycles. The molecule has 1 atom stereocenters. The summed E-state index contributed by atoms with van der Waals surface area (Å²) in [6.07, 6.45) is 1.63. The summed E-state index contributed by atoms with van der Waals surface area (Å²) in [7, 11) is 3.30. The Bertz CT molecular complexity index is 1830. The van der Waals surface area contributed by atoms with Crippen molar-refractivity contribution >= 4 is 5.65 Å². The van der Waals surface area contributed by atoms with Crippen molar-refractivity contribution in [3.63, 3.8) is 0 Å². The molecule has 0 fully saturated rings. The fourth-order valence-corrected chi connectivity index (χ4v) is 5.20. The van der Waals surface area contributed by atoms with E-state index in [-0.39, 0.29) is 5.92 Å². The van der Waals surface area contributed by atoms with Gasteiger partial charge in [0.25, 0.3) is 0 Å². The number of hydrogen-bond donors (Lipinski definition) is 0. The van der Waals surface area contributed by atoms with Crippen LogP contribution in [0.25, 0.3) is 22.7 Å². The molecule has 3 aromatic heterocycles. The lowest BCUT2D eigenvalue weighted by Gasteiger charge is -2.26. The zero-order valence-electron chi connectivity index (χ0n) is 21.6. The summed E-state index contributed by atoms with van der Waals surface area (Å²) < 4.78 is 21.0. The van der Waals surface area contributed by atoms with E-state index in [4.69, 9.17) is 34.4 Å². The molecule has 0 bridgehead atoms. The minimum Gasteiger partial charge on any atom is -0.497 e. The van der Waals surface area contributed by atoms with Crippen molar-refractivity contribution in [2.24, 2.45) is 0 Å². The van der Waals surface area contributed by atoms with Crippen LogP contribution in [-0.4, -0.2) is 43.6 Å². The average Bonchev–Trinajstić information content (AvgIpc) is 3.57. The number of ether oxygens (including phenoxy) is 3. The SMILES string of the molecule is COc1ccc([C@H]2c3c(C)nn(-c4ccccc4)c3Oc3ncn4nc(-c5ccccc5OC)nc4c32)cc1. The van der Waals surface area contributed by atoms with Gasteiger partial charge in [-0.15, -0.1) is 5.10 Å². The number of hydrogen-bond acceptors (Lipinski definition) is 7. The molecule has 6 aromatic rings. The molecule has 0 radical (unpaired) electrons. The lowest BCUT2D eigenvalue weighted by molar-refractivity contribution is 0.402. The molecule has 9 nitrogen and oxygen atoms in total. The molecule has 7 rings (SSSR count). The number of aryl methyl sites for hydroxylation is 1. The largest absolute Gasteiger partial charge is 0.497 e. The van der Waals surface area contributed by atoms with Crippen LogP contribution in [0.4, 0.5) is 0 Å². The molecule has 0 saturated carbocycles. The summed E-state index contributed by atoms with van der Waals surface area (Å²) in [5, 5.41) is 9.64. The highest BCUT2D eigenvalue weighted by molar-refractivity contribution is 5.71. The first kappa shape index (κ1) is 23.0. The minimum atomic E-state index is -0.252. The van der Waals surface area contributed by atoms with Gasteiger partial charge in [0.15, 0.2) is 11.5 Å². The summed E-state index contributed by atoms with van der Waals surface area (Å²) in [6, 6.07) is 25.7. The maximum absolute atomic E-state index is 6.51. The van der Waals surface area contributed by atoms with E-state index in [0.29, 0.717) is 29.0 Å². The Morgan fingerprint density at radius 1 is 0.821 bits per heavy atom. The van der Waals surface area contributed by atoms with Gasteiger partial charge in [0.05, 0.1) is 48.2 Å².